The predicted octanol–water partition coefficient (Wildman–Crippen LogP) is 4.25. The second kappa shape index (κ2) is 7.19. The van der Waals surface area contributed by atoms with E-state index in [-0.39, 0.29) is 11.9 Å². The average Bonchev–Trinajstić information content (AvgIpc) is 3.15. The maximum Gasteiger partial charge on any atom is 0.223 e. The Morgan fingerprint density at radius 3 is 2.84 bits per heavy atom. The summed E-state index contributed by atoms with van der Waals surface area (Å²) in [5, 5.41) is 2.14. The summed E-state index contributed by atoms with van der Waals surface area (Å²) < 4.78 is 0. The van der Waals surface area contributed by atoms with Gasteiger partial charge >= 0.3 is 0 Å². The van der Waals surface area contributed by atoms with Crippen molar-refractivity contribution in [3.8, 4) is 0 Å². The van der Waals surface area contributed by atoms with Crippen LogP contribution in [0.1, 0.15) is 34.0 Å². The van der Waals surface area contributed by atoms with E-state index in [1.807, 2.05) is 36.5 Å². The lowest BCUT2D eigenvalue weighted by Gasteiger charge is -2.36. The molecule has 126 valence electrons. The molecule has 25 heavy (non-hydrogen) atoms. The van der Waals surface area contributed by atoms with E-state index in [1.54, 1.807) is 17.5 Å². The molecule has 1 atom stereocenters. The summed E-state index contributed by atoms with van der Waals surface area (Å²) in [6.45, 7) is 0.791. The Morgan fingerprint density at radius 2 is 2.04 bits per heavy atom. The Labute approximate surface area is 152 Å². The number of thiophene rings is 1. The molecule has 1 aromatic carbocycles. The van der Waals surface area contributed by atoms with Crippen LogP contribution in [-0.4, -0.2) is 22.3 Å². The number of aromatic nitrogens is 1. The number of hydrogen-bond donors (Lipinski definition) is 0. The van der Waals surface area contributed by atoms with Crippen molar-refractivity contribution in [3.63, 3.8) is 0 Å². The fraction of sp³-hybridized carbons (Fsp3) is 0.238. The summed E-state index contributed by atoms with van der Waals surface area (Å²) in [4.78, 5) is 20.6. The maximum absolute atomic E-state index is 13.0. The SMILES string of the molecule is O=C(CCc1cccnc1)N1CCc2sccc2C1c1ccccc1. The third-order valence-electron chi connectivity index (χ3n) is 4.75. The Bertz CT molecular complexity index is 845. The molecule has 0 N–H and O–H groups in total. The smallest absolute Gasteiger partial charge is 0.223 e. The molecule has 3 nitrogen and oxygen atoms in total. The van der Waals surface area contributed by atoms with Gasteiger partial charge in [0.1, 0.15) is 0 Å². The van der Waals surface area contributed by atoms with Crippen molar-refractivity contribution in [1.29, 1.82) is 0 Å². The number of carbonyl (C=O) groups is 1. The van der Waals surface area contributed by atoms with Gasteiger partial charge in [-0.1, -0.05) is 36.4 Å². The number of fused-ring (bicyclic) bond motifs is 1. The highest BCUT2D eigenvalue weighted by atomic mass is 32.1. The van der Waals surface area contributed by atoms with E-state index in [0.29, 0.717) is 6.42 Å². The summed E-state index contributed by atoms with van der Waals surface area (Å²) >= 11 is 1.80. The Hall–Kier alpha value is -2.46. The minimum absolute atomic E-state index is 0.0394. The molecule has 1 amide bonds. The lowest BCUT2D eigenvalue weighted by Crippen LogP contribution is -2.40. The van der Waals surface area contributed by atoms with Crippen LogP contribution in [0, 0.1) is 0 Å². The monoisotopic (exact) mass is 348 g/mol. The van der Waals surface area contributed by atoms with Gasteiger partial charge < -0.3 is 4.90 Å². The van der Waals surface area contributed by atoms with Crippen LogP contribution < -0.4 is 0 Å². The minimum atomic E-state index is 0.0394. The number of benzene rings is 1. The first-order chi connectivity index (χ1) is 12.3. The maximum atomic E-state index is 13.0. The van der Waals surface area contributed by atoms with Crippen molar-refractivity contribution < 1.29 is 4.79 Å². The Balaban J connectivity index is 1.58. The van der Waals surface area contributed by atoms with Gasteiger partial charge in [0.15, 0.2) is 0 Å². The molecule has 2 aromatic heterocycles. The van der Waals surface area contributed by atoms with E-state index in [1.165, 1.54) is 16.0 Å². The number of aryl methyl sites for hydroxylation is 1. The molecule has 0 saturated carbocycles. The van der Waals surface area contributed by atoms with Crippen LogP contribution in [0.15, 0.2) is 66.3 Å². The average molecular weight is 348 g/mol. The summed E-state index contributed by atoms with van der Waals surface area (Å²) in [6, 6.07) is 16.5. The highest BCUT2D eigenvalue weighted by Crippen LogP contribution is 2.38. The van der Waals surface area contributed by atoms with Crippen molar-refractivity contribution in [1.82, 2.24) is 9.88 Å². The molecule has 0 fully saturated rings. The summed E-state index contributed by atoms with van der Waals surface area (Å²) in [5.74, 6) is 0.217. The summed E-state index contributed by atoms with van der Waals surface area (Å²) in [7, 11) is 0. The highest BCUT2D eigenvalue weighted by Gasteiger charge is 2.32. The van der Waals surface area contributed by atoms with E-state index in [4.69, 9.17) is 0 Å². The molecule has 4 heteroatoms. The normalized spacial score (nSPS) is 16.5. The van der Waals surface area contributed by atoms with Crippen molar-refractivity contribution in [2.45, 2.75) is 25.3 Å². The predicted molar refractivity (Wildman–Crippen MR) is 101 cm³/mol. The largest absolute Gasteiger partial charge is 0.331 e. The molecule has 1 aliphatic heterocycles. The van der Waals surface area contributed by atoms with Gasteiger partial charge in [-0.15, -0.1) is 11.3 Å². The quantitative estimate of drug-likeness (QED) is 0.706. The molecule has 0 spiro atoms. The van der Waals surface area contributed by atoms with Crippen LogP contribution in [0.25, 0.3) is 0 Å². The number of carbonyl (C=O) groups excluding carboxylic acids is 1. The highest BCUT2D eigenvalue weighted by molar-refractivity contribution is 7.10. The van der Waals surface area contributed by atoms with E-state index in [0.717, 1.165) is 24.9 Å². The first kappa shape index (κ1) is 16.0. The molecular formula is C21H20N2OS. The molecular weight excluding hydrogens is 328 g/mol. The molecule has 1 unspecified atom stereocenters. The van der Waals surface area contributed by atoms with E-state index in [2.05, 4.69) is 33.5 Å². The zero-order valence-electron chi connectivity index (χ0n) is 14.0. The van der Waals surface area contributed by atoms with Gasteiger partial charge in [-0.3, -0.25) is 9.78 Å². The van der Waals surface area contributed by atoms with Crippen LogP contribution in [-0.2, 0) is 17.6 Å². The minimum Gasteiger partial charge on any atom is -0.331 e. The number of rotatable bonds is 4. The van der Waals surface area contributed by atoms with Crippen LogP contribution in [0.5, 0.6) is 0 Å². The lowest BCUT2D eigenvalue weighted by atomic mass is 9.93. The molecule has 0 aliphatic carbocycles. The molecule has 0 saturated heterocycles. The Kier molecular flexibility index (Phi) is 4.61. The molecule has 3 heterocycles. The second-order valence-corrected chi connectivity index (χ2v) is 7.31. The third-order valence-corrected chi connectivity index (χ3v) is 5.75. The molecule has 3 aromatic rings. The second-order valence-electron chi connectivity index (χ2n) is 6.31. The van der Waals surface area contributed by atoms with Crippen molar-refractivity contribution in [2.75, 3.05) is 6.54 Å². The molecule has 0 radical (unpaired) electrons. The zero-order chi connectivity index (χ0) is 17.1. The number of amides is 1. The first-order valence-corrected chi connectivity index (χ1v) is 9.50. The van der Waals surface area contributed by atoms with Gasteiger partial charge in [0.2, 0.25) is 5.91 Å². The van der Waals surface area contributed by atoms with Gasteiger partial charge in [-0.25, -0.2) is 0 Å². The number of nitrogens with zero attached hydrogens (tertiary/aromatic N) is 2. The molecule has 4 rings (SSSR count). The standard InChI is InChI=1S/C21H20N2OS/c24-20(9-8-16-5-4-12-22-15-16)23-13-10-19-18(11-14-25-19)21(23)17-6-2-1-3-7-17/h1-7,11-12,14-15,21H,8-10,13H2. The van der Waals surface area contributed by atoms with Crippen LogP contribution in [0.4, 0.5) is 0 Å². The van der Waals surface area contributed by atoms with Crippen LogP contribution in [0.3, 0.4) is 0 Å². The fourth-order valence-corrected chi connectivity index (χ4v) is 4.42. The summed E-state index contributed by atoms with van der Waals surface area (Å²) in [6.07, 6.45) is 5.82. The van der Waals surface area contributed by atoms with E-state index >= 15 is 0 Å². The lowest BCUT2D eigenvalue weighted by molar-refractivity contribution is -0.133. The van der Waals surface area contributed by atoms with Crippen molar-refractivity contribution in [2.24, 2.45) is 0 Å². The molecule has 1 aliphatic rings. The van der Waals surface area contributed by atoms with E-state index < -0.39 is 0 Å². The van der Waals surface area contributed by atoms with E-state index in [9.17, 15) is 4.79 Å². The van der Waals surface area contributed by atoms with Crippen LogP contribution >= 0.6 is 11.3 Å². The Morgan fingerprint density at radius 1 is 1.16 bits per heavy atom. The fourth-order valence-electron chi connectivity index (χ4n) is 3.52. The van der Waals surface area contributed by atoms with Gasteiger partial charge in [0.05, 0.1) is 6.04 Å². The van der Waals surface area contributed by atoms with Gasteiger partial charge in [0.25, 0.3) is 0 Å². The topological polar surface area (TPSA) is 33.2 Å². The van der Waals surface area contributed by atoms with Crippen molar-refractivity contribution in [3.05, 3.63) is 87.9 Å². The summed E-state index contributed by atoms with van der Waals surface area (Å²) in [5.41, 5.74) is 3.59. The number of pyridine rings is 1. The van der Waals surface area contributed by atoms with Gasteiger partial charge in [-0.2, -0.15) is 0 Å². The molecule has 0 bridgehead atoms. The first-order valence-electron chi connectivity index (χ1n) is 8.62. The van der Waals surface area contributed by atoms with Crippen LogP contribution in [0.2, 0.25) is 0 Å². The van der Waals surface area contributed by atoms with Crippen molar-refractivity contribution >= 4 is 17.2 Å². The zero-order valence-corrected chi connectivity index (χ0v) is 14.8. The third kappa shape index (κ3) is 3.35. The van der Waals surface area contributed by atoms with Gasteiger partial charge in [0, 0.05) is 30.2 Å². The number of hydrogen-bond acceptors (Lipinski definition) is 3. The van der Waals surface area contributed by atoms with Gasteiger partial charge in [-0.05, 0) is 47.0 Å².